The van der Waals surface area contributed by atoms with E-state index < -0.39 is 11.5 Å². The third kappa shape index (κ3) is 5.02. The molecule has 156 valence electrons. The molecule has 2 N–H and O–H groups in total. The largest absolute Gasteiger partial charge is 0.348 e. The molecule has 30 heavy (non-hydrogen) atoms. The molecule has 1 atom stereocenters. The van der Waals surface area contributed by atoms with Crippen molar-refractivity contribution in [1.29, 1.82) is 0 Å². The van der Waals surface area contributed by atoms with Gasteiger partial charge in [0, 0.05) is 31.5 Å². The van der Waals surface area contributed by atoms with Gasteiger partial charge in [-0.3, -0.25) is 19.1 Å². The van der Waals surface area contributed by atoms with Crippen molar-refractivity contribution in [1.82, 2.24) is 25.0 Å². The second kappa shape index (κ2) is 9.21. The number of carbonyl (C=O) groups excluding carboxylic acids is 2. The number of rotatable bonds is 7. The van der Waals surface area contributed by atoms with Crippen LogP contribution in [0.1, 0.15) is 40.1 Å². The highest BCUT2D eigenvalue weighted by atomic mass is 16.2. The normalized spacial score (nSPS) is 11.7. The Morgan fingerprint density at radius 3 is 2.53 bits per heavy atom. The van der Waals surface area contributed by atoms with E-state index in [0.717, 1.165) is 16.8 Å². The number of aromatic nitrogens is 3. The van der Waals surface area contributed by atoms with Gasteiger partial charge in [-0.25, -0.2) is 0 Å². The molecule has 2 heterocycles. The van der Waals surface area contributed by atoms with Crippen LogP contribution in [-0.4, -0.2) is 26.2 Å². The van der Waals surface area contributed by atoms with Crippen LogP contribution in [0.25, 0.3) is 0 Å². The molecule has 3 rings (SSSR count). The number of hydrogen-bond acceptors (Lipinski definition) is 4. The maximum absolute atomic E-state index is 12.7. The fourth-order valence-corrected chi connectivity index (χ4v) is 3.27. The van der Waals surface area contributed by atoms with Crippen LogP contribution >= 0.6 is 0 Å². The summed E-state index contributed by atoms with van der Waals surface area (Å²) in [7, 11) is 1.82. The standard InChI is InChI=1S/C22H25N5O3/c1-15(19-13-26(3)25-16(19)2)24-20(28)14-27-11-7-10-18(22(27)30)21(29)23-12-17-8-5-4-6-9-17/h4-11,13,15H,12,14H2,1-3H3,(H,23,29)(H,24,28)/t15-/m0/s1. The number of aryl methyl sites for hydroxylation is 2. The Labute approximate surface area is 174 Å². The Hall–Kier alpha value is -3.68. The molecule has 0 fully saturated rings. The minimum absolute atomic E-state index is 0.00242. The number of nitrogens with one attached hydrogen (secondary N) is 2. The molecule has 2 aromatic heterocycles. The zero-order chi connectivity index (χ0) is 21.7. The highest BCUT2D eigenvalue weighted by Crippen LogP contribution is 2.15. The van der Waals surface area contributed by atoms with Gasteiger partial charge in [0.1, 0.15) is 12.1 Å². The van der Waals surface area contributed by atoms with Crippen LogP contribution in [-0.2, 0) is 24.9 Å². The lowest BCUT2D eigenvalue weighted by Gasteiger charge is -2.14. The molecular weight excluding hydrogens is 382 g/mol. The molecular formula is C22H25N5O3. The fourth-order valence-electron chi connectivity index (χ4n) is 3.27. The summed E-state index contributed by atoms with van der Waals surface area (Å²) in [6, 6.07) is 12.2. The first-order valence-electron chi connectivity index (χ1n) is 9.66. The van der Waals surface area contributed by atoms with Crippen molar-refractivity contribution in [2.24, 2.45) is 7.05 Å². The highest BCUT2D eigenvalue weighted by Gasteiger charge is 2.17. The van der Waals surface area contributed by atoms with Gasteiger partial charge in [-0.1, -0.05) is 30.3 Å². The summed E-state index contributed by atoms with van der Waals surface area (Å²) in [6.45, 7) is 3.87. The van der Waals surface area contributed by atoms with Crippen molar-refractivity contribution in [3.8, 4) is 0 Å². The second-order valence-electron chi connectivity index (χ2n) is 7.16. The van der Waals surface area contributed by atoms with Crippen LogP contribution in [0, 0.1) is 6.92 Å². The molecule has 3 aromatic rings. The van der Waals surface area contributed by atoms with E-state index in [9.17, 15) is 14.4 Å². The van der Waals surface area contributed by atoms with Crippen LogP contribution in [0.5, 0.6) is 0 Å². The number of benzene rings is 1. The average molecular weight is 407 g/mol. The summed E-state index contributed by atoms with van der Waals surface area (Å²) in [5, 5.41) is 9.88. The number of amides is 2. The van der Waals surface area contributed by atoms with E-state index in [1.165, 1.54) is 16.8 Å². The molecule has 0 unspecified atom stereocenters. The first-order valence-corrected chi connectivity index (χ1v) is 9.66. The third-order valence-corrected chi connectivity index (χ3v) is 4.77. The molecule has 0 saturated carbocycles. The maximum Gasteiger partial charge on any atom is 0.263 e. The Morgan fingerprint density at radius 2 is 1.87 bits per heavy atom. The van der Waals surface area contributed by atoms with E-state index in [4.69, 9.17) is 0 Å². The van der Waals surface area contributed by atoms with Gasteiger partial charge in [0.05, 0.1) is 11.7 Å². The van der Waals surface area contributed by atoms with Crippen LogP contribution in [0.15, 0.2) is 59.7 Å². The predicted octanol–water partition coefficient (Wildman–Crippen LogP) is 1.70. The lowest BCUT2D eigenvalue weighted by molar-refractivity contribution is -0.122. The van der Waals surface area contributed by atoms with Crippen LogP contribution in [0.4, 0.5) is 0 Å². The number of carbonyl (C=O) groups is 2. The van der Waals surface area contributed by atoms with Crippen molar-refractivity contribution in [3.05, 3.63) is 87.6 Å². The lowest BCUT2D eigenvalue weighted by Crippen LogP contribution is -2.37. The molecule has 0 aliphatic heterocycles. The number of pyridine rings is 1. The topological polar surface area (TPSA) is 98.0 Å². The summed E-state index contributed by atoms with van der Waals surface area (Å²) >= 11 is 0. The van der Waals surface area contributed by atoms with Crippen LogP contribution < -0.4 is 16.2 Å². The monoisotopic (exact) mass is 407 g/mol. The Morgan fingerprint density at radius 1 is 1.13 bits per heavy atom. The lowest BCUT2D eigenvalue weighted by atomic mass is 10.1. The zero-order valence-corrected chi connectivity index (χ0v) is 17.3. The molecule has 0 radical (unpaired) electrons. The van der Waals surface area contributed by atoms with E-state index in [0.29, 0.717) is 6.54 Å². The number of nitrogens with zero attached hydrogens (tertiary/aromatic N) is 3. The quantitative estimate of drug-likeness (QED) is 0.623. The van der Waals surface area contributed by atoms with E-state index in [-0.39, 0.29) is 24.1 Å². The molecule has 0 aliphatic carbocycles. The van der Waals surface area contributed by atoms with Gasteiger partial charge in [0.15, 0.2) is 0 Å². The molecule has 8 nitrogen and oxygen atoms in total. The average Bonchev–Trinajstić information content (AvgIpc) is 3.06. The summed E-state index contributed by atoms with van der Waals surface area (Å²) < 4.78 is 2.92. The second-order valence-corrected chi connectivity index (χ2v) is 7.16. The van der Waals surface area contributed by atoms with Crippen molar-refractivity contribution >= 4 is 11.8 Å². The molecule has 0 bridgehead atoms. The van der Waals surface area contributed by atoms with Crippen molar-refractivity contribution in [3.63, 3.8) is 0 Å². The maximum atomic E-state index is 12.7. The van der Waals surface area contributed by atoms with Crippen LogP contribution in [0.3, 0.4) is 0 Å². The predicted molar refractivity (Wildman–Crippen MR) is 113 cm³/mol. The van der Waals surface area contributed by atoms with Gasteiger partial charge in [-0.05, 0) is 31.5 Å². The van der Waals surface area contributed by atoms with Gasteiger partial charge >= 0.3 is 0 Å². The zero-order valence-electron chi connectivity index (χ0n) is 17.3. The van der Waals surface area contributed by atoms with Crippen molar-refractivity contribution in [2.45, 2.75) is 33.0 Å². The fraction of sp³-hybridized carbons (Fsp3) is 0.273. The van der Waals surface area contributed by atoms with Gasteiger partial charge < -0.3 is 15.2 Å². The molecule has 0 aliphatic rings. The van der Waals surface area contributed by atoms with E-state index >= 15 is 0 Å². The van der Waals surface area contributed by atoms with E-state index in [1.807, 2.05) is 57.4 Å². The first kappa shape index (κ1) is 21.0. The Balaban J connectivity index is 1.65. The Kier molecular flexibility index (Phi) is 6.46. The molecule has 0 saturated heterocycles. The highest BCUT2D eigenvalue weighted by molar-refractivity contribution is 5.93. The summed E-state index contributed by atoms with van der Waals surface area (Å²) in [5.74, 6) is -0.798. The van der Waals surface area contributed by atoms with Crippen LogP contribution in [0.2, 0.25) is 0 Å². The Bertz CT molecular complexity index is 1100. The number of hydrogen-bond donors (Lipinski definition) is 2. The molecule has 1 aromatic carbocycles. The third-order valence-electron chi connectivity index (χ3n) is 4.77. The minimum atomic E-state index is -0.511. The molecule has 8 heteroatoms. The van der Waals surface area contributed by atoms with Gasteiger partial charge in [-0.2, -0.15) is 5.10 Å². The van der Waals surface area contributed by atoms with E-state index in [1.54, 1.807) is 10.7 Å². The summed E-state index contributed by atoms with van der Waals surface area (Å²) in [4.78, 5) is 37.6. The van der Waals surface area contributed by atoms with Gasteiger partial charge in [-0.15, -0.1) is 0 Å². The van der Waals surface area contributed by atoms with Crippen molar-refractivity contribution < 1.29 is 9.59 Å². The van der Waals surface area contributed by atoms with Crippen molar-refractivity contribution in [2.75, 3.05) is 0 Å². The summed E-state index contributed by atoms with van der Waals surface area (Å²) in [6.07, 6.45) is 3.35. The summed E-state index contributed by atoms with van der Waals surface area (Å²) in [5.41, 5.74) is 2.16. The smallest absolute Gasteiger partial charge is 0.263 e. The molecule has 2 amide bonds. The first-order chi connectivity index (χ1) is 14.3. The van der Waals surface area contributed by atoms with Gasteiger partial charge in [0.25, 0.3) is 11.5 Å². The molecule has 0 spiro atoms. The van der Waals surface area contributed by atoms with Gasteiger partial charge in [0.2, 0.25) is 5.91 Å². The van der Waals surface area contributed by atoms with E-state index in [2.05, 4.69) is 15.7 Å². The SMILES string of the molecule is Cc1nn(C)cc1[C@H](C)NC(=O)Cn1cccc(C(=O)NCc2ccccc2)c1=O. The minimum Gasteiger partial charge on any atom is -0.348 e.